The van der Waals surface area contributed by atoms with Gasteiger partial charge in [0.05, 0.1) is 16.1 Å². The number of halogens is 1. The van der Waals surface area contributed by atoms with Crippen LogP contribution in [0.1, 0.15) is 11.1 Å². The third-order valence-electron chi connectivity index (χ3n) is 2.96. The number of rotatable bonds is 3. The number of para-hydroxylation sites is 1. The number of benzene rings is 2. The Bertz CT molecular complexity index is 819. The van der Waals surface area contributed by atoms with Gasteiger partial charge in [-0.2, -0.15) is 5.26 Å². The van der Waals surface area contributed by atoms with Crippen LogP contribution in [0.3, 0.4) is 0 Å². The van der Waals surface area contributed by atoms with E-state index in [1.165, 1.54) is 24.3 Å². The Morgan fingerprint density at radius 1 is 1.29 bits per heavy atom. The minimum absolute atomic E-state index is 0.0525. The number of nitrogens with one attached hydrogen (secondary N) is 1. The van der Waals surface area contributed by atoms with Gasteiger partial charge in [0.1, 0.15) is 6.07 Å². The molecule has 0 amide bonds. The van der Waals surface area contributed by atoms with Crippen LogP contribution in [0.4, 0.5) is 11.4 Å². The average molecular weight is 322 g/mol. The summed E-state index contributed by atoms with van der Waals surface area (Å²) in [5.74, 6) is 0. The largest absolute Gasteiger partial charge is 0.398 e. The van der Waals surface area contributed by atoms with Crippen molar-refractivity contribution in [1.29, 1.82) is 5.26 Å². The van der Waals surface area contributed by atoms with Gasteiger partial charge in [-0.25, -0.2) is 8.42 Å². The Kier molecular flexibility index (Phi) is 4.07. The molecule has 0 saturated heterocycles. The lowest BCUT2D eigenvalue weighted by Crippen LogP contribution is -2.14. The van der Waals surface area contributed by atoms with Crippen molar-refractivity contribution in [3.8, 4) is 6.07 Å². The van der Waals surface area contributed by atoms with Gasteiger partial charge in [0.2, 0.25) is 0 Å². The Hall–Kier alpha value is -2.23. The molecular formula is C14H12ClN3O2S. The van der Waals surface area contributed by atoms with Crippen LogP contribution in [0, 0.1) is 18.3 Å². The predicted octanol–water partition coefficient (Wildman–Crippen LogP) is 2.90. The van der Waals surface area contributed by atoms with E-state index in [9.17, 15) is 8.42 Å². The Morgan fingerprint density at radius 3 is 2.57 bits per heavy atom. The van der Waals surface area contributed by atoms with Crippen LogP contribution >= 0.6 is 11.6 Å². The first-order valence-electron chi connectivity index (χ1n) is 5.92. The zero-order valence-corrected chi connectivity index (χ0v) is 12.7. The van der Waals surface area contributed by atoms with Gasteiger partial charge >= 0.3 is 0 Å². The van der Waals surface area contributed by atoms with E-state index in [-0.39, 0.29) is 26.9 Å². The fourth-order valence-corrected chi connectivity index (χ4v) is 3.13. The van der Waals surface area contributed by atoms with Crippen molar-refractivity contribution in [1.82, 2.24) is 0 Å². The van der Waals surface area contributed by atoms with Gasteiger partial charge < -0.3 is 5.73 Å². The van der Waals surface area contributed by atoms with E-state index in [1.54, 1.807) is 19.1 Å². The van der Waals surface area contributed by atoms with E-state index in [4.69, 9.17) is 22.6 Å². The molecule has 2 aromatic rings. The molecule has 0 aliphatic heterocycles. The molecule has 7 heteroatoms. The molecule has 108 valence electrons. The van der Waals surface area contributed by atoms with Crippen LogP contribution in [0.2, 0.25) is 5.02 Å². The highest BCUT2D eigenvalue weighted by Gasteiger charge is 2.18. The van der Waals surface area contributed by atoms with Crippen molar-refractivity contribution in [2.24, 2.45) is 0 Å². The van der Waals surface area contributed by atoms with Crippen LogP contribution in [0.15, 0.2) is 41.3 Å². The molecule has 0 unspecified atom stereocenters. The predicted molar refractivity (Wildman–Crippen MR) is 82.6 cm³/mol. The second kappa shape index (κ2) is 5.64. The molecule has 0 fully saturated rings. The third kappa shape index (κ3) is 3.10. The molecule has 0 spiro atoms. The molecule has 5 nitrogen and oxygen atoms in total. The molecule has 3 N–H and O–H groups in total. The number of anilines is 2. The maximum absolute atomic E-state index is 12.4. The minimum Gasteiger partial charge on any atom is -0.398 e. The van der Waals surface area contributed by atoms with E-state index < -0.39 is 10.0 Å². The second-order valence-corrected chi connectivity index (χ2v) is 6.47. The van der Waals surface area contributed by atoms with E-state index >= 15 is 0 Å². The zero-order valence-electron chi connectivity index (χ0n) is 11.1. The molecule has 2 aromatic carbocycles. The molecule has 0 aliphatic rings. The lowest BCUT2D eigenvalue weighted by Gasteiger charge is -2.11. The summed E-state index contributed by atoms with van der Waals surface area (Å²) in [6.45, 7) is 1.70. The molecule has 0 atom stereocenters. The standard InChI is InChI=1S/C14H12ClN3O2S/c1-9-12(15)6-11(7-13(9)17)21(19,20)18-14-5-3-2-4-10(14)8-16/h2-7,18H,17H2,1H3. The van der Waals surface area contributed by atoms with Crippen LogP contribution in [-0.2, 0) is 10.0 Å². The smallest absolute Gasteiger partial charge is 0.262 e. The first kappa shape index (κ1) is 15.2. The van der Waals surface area contributed by atoms with Gasteiger partial charge in [-0.3, -0.25) is 4.72 Å². The summed E-state index contributed by atoms with van der Waals surface area (Å²) in [5, 5.41) is 9.25. The number of hydrogen-bond acceptors (Lipinski definition) is 4. The Labute approximate surface area is 128 Å². The average Bonchev–Trinajstić information content (AvgIpc) is 2.44. The zero-order chi connectivity index (χ0) is 15.6. The summed E-state index contributed by atoms with van der Waals surface area (Å²) in [6, 6.07) is 10.9. The van der Waals surface area contributed by atoms with Crippen LogP contribution in [0.25, 0.3) is 0 Å². The van der Waals surface area contributed by atoms with E-state index in [0.29, 0.717) is 5.56 Å². The first-order chi connectivity index (χ1) is 9.85. The van der Waals surface area contributed by atoms with Gasteiger partial charge in [0, 0.05) is 10.7 Å². The van der Waals surface area contributed by atoms with E-state index in [0.717, 1.165) is 0 Å². The lowest BCUT2D eigenvalue weighted by molar-refractivity contribution is 0.601. The summed E-state index contributed by atoms with van der Waals surface area (Å²) in [6.07, 6.45) is 0. The van der Waals surface area contributed by atoms with E-state index in [2.05, 4.69) is 4.72 Å². The second-order valence-electron chi connectivity index (χ2n) is 4.38. The van der Waals surface area contributed by atoms with Gasteiger partial charge in [-0.15, -0.1) is 0 Å². The highest BCUT2D eigenvalue weighted by Crippen LogP contribution is 2.27. The summed E-state index contributed by atoms with van der Waals surface area (Å²) in [5.41, 5.74) is 7.08. The highest BCUT2D eigenvalue weighted by atomic mass is 35.5. The number of sulfonamides is 1. The first-order valence-corrected chi connectivity index (χ1v) is 7.79. The summed E-state index contributed by atoms with van der Waals surface area (Å²) in [7, 11) is -3.87. The number of nitrogens with zero attached hydrogens (tertiary/aromatic N) is 1. The van der Waals surface area contributed by atoms with Crippen LogP contribution in [-0.4, -0.2) is 8.42 Å². The number of nitrogens with two attached hydrogens (primary N) is 1. The van der Waals surface area contributed by atoms with Crippen LogP contribution < -0.4 is 10.5 Å². The van der Waals surface area contributed by atoms with Crippen molar-refractivity contribution in [2.75, 3.05) is 10.5 Å². The molecule has 0 aromatic heterocycles. The molecule has 0 bridgehead atoms. The van der Waals surface area contributed by atoms with E-state index in [1.807, 2.05) is 6.07 Å². The Morgan fingerprint density at radius 2 is 1.95 bits per heavy atom. The van der Waals surface area contributed by atoms with Gasteiger partial charge in [-0.1, -0.05) is 23.7 Å². The quantitative estimate of drug-likeness (QED) is 0.849. The number of hydrogen-bond donors (Lipinski definition) is 2. The normalized spacial score (nSPS) is 10.9. The molecule has 0 saturated carbocycles. The third-order valence-corrected chi connectivity index (χ3v) is 4.70. The Balaban J connectivity index is 2.47. The van der Waals surface area contributed by atoms with Crippen molar-refractivity contribution in [3.05, 3.63) is 52.5 Å². The molecule has 0 radical (unpaired) electrons. The van der Waals surface area contributed by atoms with Gasteiger partial charge in [0.25, 0.3) is 10.0 Å². The van der Waals surface area contributed by atoms with Crippen LogP contribution in [0.5, 0.6) is 0 Å². The highest BCUT2D eigenvalue weighted by molar-refractivity contribution is 7.92. The van der Waals surface area contributed by atoms with Crippen molar-refractivity contribution in [3.63, 3.8) is 0 Å². The number of nitriles is 1. The van der Waals surface area contributed by atoms with Crippen molar-refractivity contribution >= 4 is 33.0 Å². The maximum Gasteiger partial charge on any atom is 0.262 e. The van der Waals surface area contributed by atoms with Crippen molar-refractivity contribution < 1.29 is 8.42 Å². The summed E-state index contributed by atoms with van der Waals surface area (Å²) in [4.78, 5) is -0.0525. The summed E-state index contributed by atoms with van der Waals surface area (Å²) < 4.78 is 27.1. The lowest BCUT2D eigenvalue weighted by atomic mass is 10.2. The topological polar surface area (TPSA) is 96.0 Å². The van der Waals surface area contributed by atoms with Gasteiger partial charge in [0.15, 0.2) is 0 Å². The minimum atomic E-state index is -3.87. The fraction of sp³-hybridized carbons (Fsp3) is 0.0714. The molecule has 0 heterocycles. The maximum atomic E-state index is 12.4. The molecule has 21 heavy (non-hydrogen) atoms. The van der Waals surface area contributed by atoms with Crippen molar-refractivity contribution in [2.45, 2.75) is 11.8 Å². The molecule has 2 rings (SSSR count). The molecular weight excluding hydrogens is 310 g/mol. The monoisotopic (exact) mass is 321 g/mol. The summed E-state index contributed by atoms with van der Waals surface area (Å²) >= 11 is 5.96. The SMILES string of the molecule is Cc1c(N)cc(S(=O)(=O)Nc2ccccc2C#N)cc1Cl. The number of nitrogen functional groups attached to an aromatic ring is 1. The fourth-order valence-electron chi connectivity index (χ4n) is 1.70. The van der Waals surface area contributed by atoms with Gasteiger partial charge in [-0.05, 0) is 36.8 Å². The molecule has 0 aliphatic carbocycles.